The van der Waals surface area contributed by atoms with Crippen LogP contribution < -0.4 is 5.43 Å². The van der Waals surface area contributed by atoms with Crippen molar-refractivity contribution in [3.05, 3.63) is 88.7 Å². The summed E-state index contributed by atoms with van der Waals surface area (Å²) in [6, 6.07) is 13.8. The van der Waals surface area contributed by atoms with E-state index in [4.69, 9.17) is 4.74 Å². The fraction of sp³-hybridized carbons (Fsp3) is 0.0870. The molecule has 0 radical (unpaired) electrons. The molecule has 144 valence electrons. The number of hydrogen-bond donors (Lipinski definition) is 1. The van der Waals surface area contributed by atoms with Gasteiger partial charge in [-0.05, 0) is 36.2 Å². The van der Waals surface area contributed by atoms with Gasteiger partial charge in [0.25, 0.3) is 0 Å². The van der Waals surface area contributed by atoms with Crippen LogP contribution in [-0.4, -0.2) is 22.5 Å². The first kappa shape index (κ1) is 18.6. The second kappa shape index (κ2) is 7.67. The summed E-state index contributed by atoms with van der Waals surface area (Å²) in [5, 5.41) is 0.0877. The first-order chi connectivity index (χ1) is 14.1. The van der Waals surface area contributed by atoms with Crippen LogP contribution in [0.3, 0.4) is 0 Å². The summed E-state index contributed by atoms with van der Waals surface area (Å²) in [7, 11) is 0. The van der Waals surface area contributed by atoms with Crippen LogP contribution in [0, 0.1) is 5.82 Å². The highest BCUT2D eigenvalue weighted by atomic mass is 19.1. The predicted octanol–water partition coefficient (Wildman–Crippen LogP) is 4.57. The fourth-order valence-electron chi connectivity index (χ4n) is 3.39. The van der Waals surface area contributed by atoms with Crippen LogP contribution in [0.1, 0.15) is 17.3 Å². The first-order valence-electron chi connectivity index (χ1n) is 9.12. The van der Waals surface area contributed by atoms with E-state index in [0.29, 0.717) is 22.2 Å². The third-order valence-electron chi connectivity index (χ3n) is 4.66. The molecule has 2 heterocycles. The molecule has 0 saturated heterocycles. The number of ether oxygens (including phenoxy) is 1. The molecule has 0 aliphatic carbocycles. The minimum Gasteiger partial charge on any atom is -0.462 e. The average Bonchev–Trinajstić information content (AvgIpc) is 2.75. The molecule has 0 saturated carbocycles. The van der Waals surface area contributed by atoms with Gasteiger partial charge in [-0.2, -0.15) is 0 Å². The Bertz CT molecular complexity index is 1250. The summed E-state index contributed by atoms with van der Waals surface area (Å²) in [4.78, 5) is 32.0. The Morgan fingerprint density at radius 1 is 1.07 bits per heavy atom. The van der Waals surface area contributed by atoms with Crippen LogP contribution in [0.2, 0.25) is 0 Å². The largest absolute Gasteiger partial charge is 0.462 e. The van der Waals surface area contributed by atoms with Gasteiger partial charge in [0.15, 0.2) is 0 Å². The predicted molar refractivity (Wildman–Crippen MR) is 109 cm³/mol. The van der Waals surface area contributed by atoms with Gasteiger partial charge >= 0.3 is 5.97 Å². The average molecular weight is 388 g/mol. The van der Waals surface area contributed by atoms with Crippen LogP contribution in [0.5, 0.6) is 0 Å². The molecule has 4 rings (SSSR count). The third-order valence-corrected chi connectivity index (χ3v) is 4.66. The van der Waals surface area contributed by atoms with E-state index < -0.39 is 17.2 Å². The molecule has 6 heteroatoms. The van der Waals surface area contributed by atoms with Crippen molar-refractivity contribution in [2.75, 3.05) is 6.61 Å². The zero-order valence-corrected chi connectivity index (χ0v) is 15.6. The van der Waals surface area contributed by atoms with Gasteiger partial charge in [-0.25, -0.2) is 9.18 Å². The molecule has 0 aliphatic rings. The van der Waals surface area contributed by atoms with E-state index in [-0.39, 0.29) is 17.6 Å². The Balaban J connectivity index is 2.10. The Kier molecular flexibility index (Phi) is 4.91. The van der Waals surface area contributed by atoms with Crippen molar-refractivity contribution >= 4 is 16.9 Å². The minimum atomic E-state index is -0.740. The van der Waals surface area contributed by atoms with Crippen molar-refractivity contribution in [2.45, 2.75) is 6.92 Å². The van der Waals surface area contributed by atoms with Crippen LogP contribution in [0.25, 0.3) is 33.2 Å². The van der Waals surface area contributed by atoms with Crippen molar-refractivity contribution in [1.29, 1.82) is 0 Å². The van der Waals surface area contributed by atoms with Gasteiger partial charge in [0.1, 0.15) is 11.4 Å². The highest BCUT2D eigenvalue weighted by Gasteiger charge is 2.21. The molecule has 5 nitrogen and oxygen atoms in total. The lowest BCUT2D eigenvalue weighted by Crippen LogP contribution is -2.18. The summed E-state index contributed by atoms with van der Waals surface area (Å²) < 4.78 is 20.3. The van der Waals surface area contributed by atoms with E-state index in [2.05, 4.69) is 9.97 Å². The Morgan fingerprint density at radius 3 is 2.45 bits per heavy atom. The van der Waals surface area contributed by atoms with Gasteiger partial charge in [0, 0.05) is 35.1 Å². The number of H-pyrrole nitrogens is 1. The number of fused-ring (bicyclic) bond motifs is 1. The van der Waals surface area contributed by atoms with Crippen LogP contribution in [0.15, 0.2) is 71.9 Å². The summed E-state index contributed by atoms with van der Waals surface area (Å²) in [6.07, 6.45) is 4.49. The molecule has 0 bridgehead atoms. The van der Waals surface area contributed by atoms with Crippen molar-refractivity contribution in [2.24, 2.45) is 0 Å². The normalized spacial score (nSPS) is 10.8. The van der Waals surface area contributed by atoms with Gasteiger partial charge in [-0.15, -0.1) is 0 Å². The first-order valence-corrected chi connectivity index (χ1v) is 9.12. The Labute approximate surface area is 165 Å². The molecule has 2 aromatic carbocycles. The van der Waals surface area contributed by atoms with Crippen molar-refractivity contribution in [1.82, 2.24) is 9.97 Å². The second-order valence-electron chi connectivity index (χ2n) is 6.38. The van der Waals surface area contributed by atoms with E-state index in [0.717, 1.165) is 5.56 Å². The van der Waals surface area contributed by atoms with Gasteiger partial charge in [0.2, 0.25) is 5.43 Å². The smallest absolute Gasteiger partial charge is 0.343 e. The summed E-state index contributed by atoms with van der Waals surface area (Å²) in [5.74, 6) is -1.30. The number of rotatable bonds is 4. The van der Waals surface area contributed by atoms with Gasteiger partial charge in [0.05, 0.1) is 12.1 Å². The lowest BCUT2D eigenvalue weighted by Gasteiger charge is -2.15. The third kappa shape index (κ3) is 3.29. The van der Waals surface area contributed by atoms with Crippen LogP contribution in [0.4, 0.5) is 4.39 Å². The number of carbonyl (C=O) groups is 1. The Morgan fingerprint density at radius 2 is 1.76 bits per heavy atom. The number of benzene rings is 2. The Hall–Kier alpha value is -3.80. The number of halogens is 1. The lowest BCUT2D eigenvalue weighted by molar-refractivity contribution is 0.0524. The SMILES string of the molecule is CCOC(=O)c1c[nH]c2c(-c3ccccc3)c(-c3ccncc3)c(F)cc2c1=O. The van der Waals surface area contributed by atoms with Gasteiger partial charge < -0.3 is 9.72 Å². The quantitative estimate of drug-likeness (QED) is 0.520. The van der Waals surface area contributed by atoms with Crippen molar-refractivity contribution in [3.63, 3.8) is 0 Å². The molecule has 1 N–H and O–H groups in total. The topological polar surface area (TPSA) is 72.1 Å². The molecule has 4 aromatic rings. The number of esters is 1. The zero-order chi connectivity index (χ0) is 20.4. The molecule has 0 unspecified atom stereocenters. The zero-order valence-electron chi connectivity index (χ0n) is 15.6. The molecule has 0 amide bonds. The fourth-order valence-corrected chi connectivity index (χ4v) is 3.39. The minimum absolute atomic E-state index is 0.0877. The van der Waals surface area contributed by atoms with Crippen molar-refractivity contribution in [3.8, 4) is 22.3 Å². The maximum Gasteiger partial charge on any atom is 0.343 e. The second-order valence-corrected chi connectivity index (χ2v) is 6.38. The van der Waals surface area contributed by atoms with E-state index in [9.17, 15) is 9.59 Å². The number of carbonyl (C=O) groups excluding carboxylic acids is 1. The monoisotopic (exact) mass is 388 g/mol. The van der Waals surface area contributed by atoms with Crippen LogP contribution in [-0.2, 0) is 4.74 Å². The summed E-state index contributed by atoms with van der Waals surface area (Å²) in [6.45, 7) is 1.79. The van der Waals surface area contributed by atoms with Crippen molar-refractivity contribution < 1.29 is 13.9 Å². The molecule has 0 atom stereocenters. The molecule has 29 heavy (non-hydrogen) atoms. The van der Waals surface area contributed by atoms with E-state index >= 15 is 4.39 Å². The number of pyridine rings is 2. The summed E-state index contributed by atoms with van der Waals surface area (Å²) in [5.41, 5.74) is 1.98. The number of aromatic nitrogens is 2. The van der Waals surface area contributed by atoms with E-state index in [1.807, 2.05) is 30.3 Å². The highest BCUT2D eigenvalue weighted by molar-refractivity contribution is 6.04. The van der Waals surface area contributed by atoms with Crippen LogP contribution >= 0.6 is 0 Å². The summed E-state index contributed by atoms with van der Waals surface area (Å²) >= 11 is 0. The molecule has 0 spiro atoms. The standard InChI is InChI=1S/C23H17FN2O3/c1-2-29-23(28)17-13-26-21-16(22(17)27)12-18(24)19(15-8-10-25-11-9-15)20(21)14-6-4-3-5-7-14/h3-13H,2H2,1H3,(H,26,27). The molecule has 0 fully saturated rings. The molecule has 0 aliphatic heterocycles. The van der Waals surface area contributed by atoms with E-state index in [1.54, 1.807) is 31.5 Å². The number of nitrogens with zero attached hydrogens (tertiary/aromatic N) is 1. The lowest BCUT2D eigenvalue weighted by atomic mass is 9.91. The molecular formula is C23H17FN2O3. The maximum absolute atomic E-state index is 15.3. The van der Waals surface area contributed by atoms with E-state index in [1.165, 1.54) is 12.3 Å². The molecule has 2 aromatic heterocycles. The highest BCUT2D eigenvalue weighted by Crippen LogP contribution is 2.38. The number of hydrogen-bond acceptors (Lipinski definition) is 4. The maximum atomic E-state index is 15.3. The number of aromatic amines is 1. The van der Waals surface area contributed by atoms with Gasteiger partial charge in [-0.3, -0.25) is 9.78 Å². The van der Waals surface area contributed by atoms with Gasteiger partial charge in [-0.1, -0.05) is 30.3 Å². The number of nitrogens with one attached hydrogen (secondary N) is 1. The molecular weight excluding hydrogens is 371 g/mol.